The highest BCUT2D eigenvalue weighted by Crippen LogP contribution is 2.35. The zero-order valence-corrected chi connectivity index (χ0v) is 10.4. The van der Waals surface area contributed by atoms with Gasteiger partial charge in [0.1, 0.15) is 0 Å². The Labute approximate surface area is 98.1 Å². The first kappa shape index (κ1) is 11.6. The highest BCUT2D eigenvalue weighted by molar-refractivity contribution is 5.05. The van der Waals surface area contributed by atoms with Crippen LogP contribution in [0.25, 0.3) is 0 Å². The summed E-state index contributed by atoms with van der Waals surface area (Å²) in [6.07, 6.45) is 10.5. The summed E-state index contributed by atoms with van der Waals surface area (Å²) in [6, 6.07) is 0.715. The summed E-state index contributed by atoms with van der Waals surface area (Å²) in [5.74, 6) is 0.891. The highest BCUT2D eigenvalue weighted by atomic mass is 15.1. The minimum absolute atomic E-state index is 0.0875. The lowest BCUT2D eigenvalue weighted by Gasteiger charge is -2.31. The van der Waals surface area contributed by atoms with Gasteiger partial charge in [0.25, 0.3) is 0 Å². The van der Waals surface area contributed by atoms with Gasteiger partial charge in [-0.15, -0.1) is 0 Å². The predicted molar refractivity (Wildman–Crippen MR) is 66.1 cm³/mol. The van der Waals surface area contributed by atoms with Crippen LogP contribution in [0.4, 0.5) is 0 Å². The van der Waals surface area contributed by atoms with Crippen molar-refractivity contribution in [2.45, 2.75) is 58.0 Å². The van der Waals surface area contributed by atoms with Crippen molar-refractivity contribution in [3.63, 3.8) is 0 Å². The lowest BCUT2D eigenvalue weighted by atomic mass is 9.84. The van der Waals surface area contributed by atoms with E-state index in [-0.39, 0.29) is 6.04 Å². The third-order valence-corrected chi connectivity index (χ3v) is 3.89. The van der Waals surface area contributed by atoms with Crippen LogP contribution in [0.15, 0.2) is 12.5 Å². The van der Waals surface area contributed by atoms with Crippen molar-refractivity contribution < 1.29 is 0 Å². The standard InChI is InChI=1S/C13H23N3/c1-3-11-5-4-6-12(7-11)16-9-15-8-13(16)10(2)14/h8-12H,3-7,14H2,1-2H3/t10-,11?,12?/m1/s1. The van der Waals surface area contributed by atoms with Gasteiger partial charge in [-0.1, -0.05) is 26.2 Å². The van der Waals surface area contributed by atoms with Crippen molar-refractivity contribution in [2.24, 2.45) is 11.7 Å². The molecule has 2 unspecified atom stereocenters. The maximum atomic E-state index is 5.97. The van der Waals surface area contributed by atoms with Crippen molar-refractivity contribution in [1.29, 1.82) is 0 Å². The predicted octanol–water partition coefficient (Wildman–Crippen LogP) is 3.04. The number of hydrogen-bond donors (Lipinski definition) is 1. The normalized spacial score (nSPS) is 27.9. The van der Waals surface area contributed by atoms with Crippen LogP contribution < -0.4 is 5.73 Å². The van der Waals surface area contributed by atoms with E-state index in [1.165, 1.54) is 37.8 Å². The summed E-state index contributed by atoms with van der Waals surface area (Å²) in [4.78, 5) is 4.25. The van der Waals surface area contributed by atoms with Crippen molar-refractivity contribution in [3.8, 4) is 0 Å². The van der Waals surface area contributed by atoms with Crippen molar-refractivity contribution in [1.82, 2.24) is 9.55 Å². The fourth-order valence-corrected chi connectivity index (χ4v) is 2.86. The summed E-state index contributed by atoms with van der Waals surface area (Å²) >= 11 is 0. The molecule has 1 aliphatic rings. The summed E-state index contributed by atoms with van der Waals surface area (Å²) in [5, 5.41) is 0. The molecule has 0 amide bonds. The van der Waals surface area contributed by atoms with Crippen LogP contribution in [0.5, 0.6) is 0 Å². The number of imidazole rings is 1. The molecule has 2 N–H and O–H groups in total. The minimum atomic E-state index is 0.0875. The molecule has 3 nitrogen and oxygen atoms in total. The zero-order valence-electron chi connectivity index (χ0n) is 10.4. The van der Waals surface area contributed by atoms with Gasteiger partial charge in [-0.2, -0.15) is 0 Å². The largest absolute Gasteiger partial charge is 0.330 e. The second-order valence-electron chi connectivity index (χ2n) is 5.11. The van der Waals surface area contributed by atoms with E-state index < -0.39 is 0 Å². The topological polar surface area (TPSA) is 43.8 Å². The molecule has 1 aliphatic carbocycles. The van der Waals surface area contributed by atoms with Gasteiger partial charge in [-0.05, 0) is 25.7 Å². The molecule has 0 radical (unpaired) electrons. The quantitative estimate of drug-likeness (QED) is 0.852. The molecular weight excluding hydrogens is 198 g/mol. The molecule has 1 aromatic rings. The van der Waals surface area contributed by atoms with Crippen LogP contribution in [0.2, 0.25) is 0 Å². The molecule has 1 aromatic heterocycles. The second-order valence-corrected chi connectivity index (χ2v) is 5.11. The Morgan fingerprint density at radius 2 is 2.38 bits per heavy atom. The number of rotatable bonds is 3. The summed E-state index contributed by atoms with van der Waals surface area (Å²) in [7, 11) is 0. The van der Waals surface area contributed by atoms with E-state index in [4.69, 9.17) is 5.73 Å². The summed E-state index contributed by atoms with van der Waals surface area (Å²) in [6.45, 7) is 4.33. The number of hydrogen-bond acceptors (Lipinski definition) is 2. The molecule has 1 saturated carbocycles. The van der Waals surface area contributed by atoms with E-state index in [0.29, 0.717) is 6.04 Å². The first-order chi connectivity index (χ1) is 7.72. The Hall–Kier alpha value is -0.830. The second kappa shape index (κ2) is 5.00. The van der Waals surface area contributed by atoms with E-state index in [9.17, 15) is 0 Å². The Bertz CT molecular complexity index is 330. The van der Waals surface area contributed by atoms with Crippen LogP contribution in [0.1, 0.15) is 63.7 Å². The molecule has 3 heteroatoms. The number of nitrogens with two attached hydrogens (primary N) is 1. The first-order valence-corrected chi connectivity index (χ1v) is 6.49. The van der Waals surface area contributed by atoms with E-state index >= 15 is 0 Å². The SMILES string of the molecule is CCC1CCCC(n2cncc2[C@@H](C)N)C1. The number of nitrogens with zero attached hydrogens (tertiary/aromatic N) is 2. The van der Waals surface area contributed by atoms with Gasteiger partial charge in [-0.3, -0.25) is 0 Å². The van der Waals surface area contributed by atoms with Gasteiger partial charge >= 0.3 is 0 Å². The van der Waals surface area contributed by atoms with E-state index in [0.717, 1.165) is 5.92 Å². The van der Waals surface area contributed by atoms with Crippen molar-refractivity contribution in [2.75, 3.05) is 0 Å². The van der Waals surface area contributed by atoms with E-state index in [1.54, 1.807) is 0 Å². The molecule has 0 bridgehead atoms. The lowest BCUT2D eigenvalue weighted by molar-refractivity contribution is 0.256. The zero-order chi connectivity index (χ0) is 11.5. The van der Waals surface area contributed by atoms with Crippen LogP contribution in [0, 0.1) is 5.92 Å². The van der Waals surface area contributed by atoms with Gasteiger partial charge in [-0.25, -0.2) is 4.98 Å². The Morgan fingerprint density at radius 1 is 1.56 bits per heavy atom. The molecule has 1 fully saturated rings. The lowest BCUT2D eigenvalue weighted by Crippen LogP contribution is -2.22. The molecule has 2 rings (SSSR count). The Balaban J connectivity index is 2.13. The maximum absolute atomic E-state index is 5.97. The fraction of sp³-hybridized carbons (Fsp3) is 0.769. The monoisotopic (exact) mass is 221 g/mol. The third kappa shape index (κ3) is 2.29. The smallest absolute Gasteiger partial charge is 0.0951 e. The van der Waals surface area contributed by atoms with E-state index in [2.05, 4.69) is 16.5 Å². The molecule has 0 aliphatic heterocycles. The van der Waals surface area contributed by atoms with E-state index in [1.807, 2.05) is 19.4 Å². The fourth-order valence-electron chi connectivity index (χ4n) is 2.86. The molecular formula is C13H23N3. The van der Waals surface area contributed by atoms with Crippen LogP contribution in [-0.2, 0) is 0 Å². The molecule has 90 valence electrons. The van der Waals surface area contributed by atoms with Crippen molar-refractivity contribution in [3.05, 3.63) is 18.2 Å². The maximum Gasteiger partial charge on any atom is 0.0951 e. The molecule has 16 heavy (non-hydrogen) atoms. The molecule has 1 heterocycles. The van der Waals surface area contributed by atoms with Gasteiger partial charge in [0.15, 0.2) is 0 Å². The Morgan fingerprint density at radius 3 is 3.06 bits per heavy atom. The molecule has 3 atom stereocenters. The van der Waals surface area contributed by atoms with Gasteiger partial charge in [0, 0.05) is 18.3 Å². The summed E-state index contributed by atoms with van der Waals surface area (Å²) < 4.78 is 2.31. The first-order valence-electron chi connectivity index (χ1n) is 6.49. The average Bonchev–Trinajstić information content (AvgIpc) is 2.78. The summed E-state index contributed by atoms with van der Waals surface area (Å²) in [5.41, 5.74) is 7.15. The average molecular weight is 221 g/mol. The molecule has 0 aromatic carbocycles. The van der Waals surface area contributed by atoms with Gasteiger partial charge < -0.3 is 10.3 Å². The number of aromatic nitrogens is 2. The Kier molecular flexibility index (Phi) is 3.64. The molecule has 0 spiro atoms. The van der Waals surface area contributed by atoms with Crippen molar-refractivity contribution >= 4 is 0 Å². The van der Waals surface area contributed by atoms with Crippen LogP contribution in [0.3, 0.4) is 0 Å². The van der Waals surface area contributed by atoms with Gasteiger partial charge in [0.05, 0.1) is 12.0 Å². The van der Waals surface area contributed by atoms with Crippen LogP contribution >= 0.6 is 0 Å². The highest BCUT2D eigenvalue weighted by Gasteiger charge is 2.23. The minimum Gasteiger partial charge on any atom is -0.330 e. The van der Waals surface area contributed by atoms with Crippen LogP contribution in [-0.4, -0.2) is 9.55 Å². The van der Waals surface area contributed by atoms with Gasteiger partial charge in [0.2, 0.25) is 0 Å². The third-order valence-electron chi connectivity index (χ3n) is 3.89. The molecule has 0 saturated heterocycles.